The van der Waals surface area contributed by atoms with Gasteiger partial charge in [0.15, 0.2) is 9.84 Å². The fraction of sp³-hybridized carbons (Fsp3) is 0.179. The van der Waals surface area contributed by atoms with Gasteiger partial charge in [-0.25, -0.2) is 12.8 Å². The summed E-state index contributed by atoms with van der Waals surface area (Å²) in [5, 5.41) is 4.30. The number of allylic oxidation sites excluding steroid dienone is 2. The lowest BCUT2D eigenvalue weighted by Crippen LogP contribution is -2.24. The lowest BCUT2D eigenvalue weighted by molar-refractivity contribution is -0.117. The van der Waals surface area contributed by atoms with Gasteiger partial charge < -0.3 is 10.3 Å². The molecule has 0 unspecified atom stereocenters. The van der Waals surface area contributed by atoms with E-state index in [1.165, 1.54) is 6.07 Å². The maximum atomic E-state index is 14.4. The van der Waals surface area contributed by atoms with E-state index >= 15 is 0 Å². The lowest BCUT2D eigenvalue weighted by atomic mass is 10.0. The molecule has 0 bridgehead atoms. The average Bonchev–Trinajstić information content (AvgIpc) is 3.30. The van der Waals surface area contributed by atoms with Crippen LogP contribution >= 0.6 is 0 Å². The number of hydrogen-bond donors (Lipinski definition) is 2. The third kappa shape index (κ3) is 5.83. The molecule has 1 amide bonds. The molecule has 0 aliphatic rings. The Balaban J connectivity index is 1.57. The molecule has 0 radical (unpaired) electrons. The zero-order valence-corrected chi connectivity index (χ0v) is 21.6. The molecule has 0 aliphatic carbocycles. The fourth-order valence-corrected chi connectivity index (χ4v) is 5.01. The van der Waals surface area contributed by atoms with E-state index in [1.807, 2.05) is 25.1 Å². The zero-order valence-electron chi connectivity index (χ0n) is 20.8. The van der Waals surface area contributed by atoms with Gasteiger partial charge in [-0.1, -0.05) is 6.08 Å². The van der Waals surface area contributed by atoms with E-state index in [9.17, 15) is 17.6 Å². The summed E-state index contributed by atoms with van der Waals surface area (Å²) in [5.74, 6) is -0.809. The van der Waals surface area contributed by atoms with Gasteiger partial charge in [0, 0.05) is 59.4 Å². The van der Waals surface area contributed by atoms with E-state index in [2.05, 4.69) is 27.0 Å². The molecule has 0 saturated heterocycles. The summed E-state index contributed by atoms with van der Waals surface area (Å²) in [5.41, 5.74) is 3.86. The Morgan fingerprint density at radius 1 is 1.22 bits per heavy atom. The number of nitrogens with zero attached hydrogens (tertiary/aromatic N) is 2. The number of aromatic amines is 1. The topological polar surface area (TPSA) is 104 Å². The van der Waals surface area contributed by atoms with Crippen LogP contribution in [0.3, 0.4) is 0 Å². The molecule has 190 valence electrons. The first kappa shape index (κ1) is 26.0. The summed E-state index contributed by atoms with van der Waals surface area (Å²) in [6, 6.07) is 10.2. The molecular formula is C28H27FN4O3S. The van der Waals surface area contributed by atoms with E-state index in [1.54, 1.807) is 43.6 Å². The zero-order chi connectivity index (χ0) is 26.7. The molecule has 4 rings (SSSR count). The molecule has 2 aromatic carbocycles. The second-order valence-electron chi connectivity index (χ2n) is 8.86. The van der Waals surface area contributed by atoms with E-state index in [0.29, 0.717) is 38.8 Å². The highest BCUT2D eigenvalue weighted by atomic mass is 32.2. The van der Waals surface area contributed by atoms with Crippen molar-refractivity contribution in [3.63, 3.8) is 0 Å². The summed E-state index contributed by atoms with van der Waals surface area (Å²) in [6.45, 7) is 7.23. The highest BCUT2D eigenvalue weighted by molar-refractivity contribution is 7.91. The van der Waals surface area contributed by atoms with Gasteiger partial charge >= 0.3 is 0 Å². The molecule has 0 aliphatic heterocycles. The minimum absolute atomic E-state index is 0.0164. The van der Waals surface area contributed by atoms with E-state index < -0.39 is 21.6 Å². The quantitative estimate of drug-likeness (QED) is 0.195. The van der Waals surface area contributed by atoms with Crippen molar-refractivity contribution in [2.45, 2.75) is 31.7 Å². The maximum Gasteiger partial charge on any atom is 0.251 e. The minimum atomic E-state index is -3.53. The Hall–Kier alpha value is -4.11. The number of amides is 1. The van der Waals surface area contributed by atoms with Crippen molar-refractivity contribution in [2.24, 2.45) is 4.99 Å². The van der Waals surface area contributed by atoms with Crippen LogP contribution in [-0.4, -0.2) is 37.3 Å². The molecule has 0 saturated carbocycles. The SMILES string of the molecule is C=N/C(=C\C(=C/C)C(=O)NCc1cc2cc[nH]c2cc1F)Cc1cc(S(C)(=O)=O)c2ncc(C)cc2c1. The highest BCUT2D eigenvalue weighted by Crippen LogP contribution is 2.26. The standard InChI is InChI=1S/C28H27FN4O3S/c1-5-19(28(34)33-16-22-12-20-6-7-31-25(20)14-24(22)29)13-23(30-3)10-18-9-21-8-17(2)15-32-27(21)26(11-18)37(4,35)36/h5-9,11-15,31H,3,10,16H2,1-2,4H3,(H,33,34)/b19-5+,23-13-. The van der Waals surface area contributed by atoms with E-state index in [-0.39, 0.29) is 17.9 Å². The predicted molar refractivity (Wildman–Crippen MR) is 145 cm³/mol. The molecule has 0 atom stereocenters. The van der Waals surface area contributed by atoms with Crippen LogP contribution in [0.4, 0.5) is 4.39 Å². The van der Waals surface area contributed by atoms with Crippen molar-refractivity contribution in [3.8, 4) is 0 Å². The van der Waals surface area contributed by atoms with E-state index in [0.717, 1.165) is 17.2 Å². The first-order valence-corrected chi connectivity index (χ1v) is 13.4. The largest absolute Gasteiger partial charge is 0.361 e. The number of benzene rings is 2. The number of halogens is 1. The normalized spacial score (nSPS) is 12.8. The predicted octanol–water partition coefficient (Wildman–Crippen LogP) is 4.96. The number of aliphatic imine (C=N–C) groups is 1. The van der Waals surface area contributed by atoms with Crippen LogP contribution < -0.4 is 5.32 Å². The number of aromatic nitrogens is 2. The van der Waals surface area contributed by atoms with Crippen molar-refractivity contribution in [1.29, 1.82) is 0 Å². The Kier molecular flexibility index (Phi) is 7.35. The number of H-pyrrole nitrogens is 1. The van der Waals surface area contributed by atoms with Crippen LogP contribution in [0.5, 0.6) is 0 Å². The van der Waals surface area contributed by atoms with E-state index in [4.69, 9.17) is 0 Å². The number of carbonyl (C=O) groups is 1. The molecule has 4 aromatic rings. The van der Waals surface area contributed by atoms with Crippen molar-refractivity contribution >= 4 is 44.3 Å². The van der Waals surface area contributed by atoms with Crippen LogP contribution in [0.15, 0.2) is 82.1 Å². The second kappa shape index (κ2) is 10.5. The van der Waals surface area contributed by atoms with Gasteiger partial charge in [-0.3, -0.25) is 14.8 Å². The number of rotatable bonds is 8. The number of sulfone groups is 1. The number of carbonyl (C=O) groups excluding carboxylic acids is 1. The van der Waals surface area contributed by atoms with Crippen LogP contribution in [0.2, 0.25) is 0 Å². The van der Waals surface area contributed by atoms with Gasteiger partial charge in [0.1, 0.15) is 5.82 Å². The Labute approximate surface area is 214 Å². The average molecular weight is 519 g/mol. The fourth-order valence-electron chi connectivity index (χ4n) is 4.13. The Morgan fingerprint density at radius 3 is 2.70 bits per heavy atom. The molecule has 7 nitrogen and oxygen atoms in total. The monoisotopic (exact) mass is 518 g/mol. The molecule has 9 heteroatoms. The van der Waals surface area contributed by atoms with Gasteiger partial charge in [-0.05, 0) is 79.6 Å². The number of fused-ring (bicyclic) bond motifs is 2. The summed E-state index contributed by atoms with van der Waals surface area (Å²) in [7, 11) is -3.53. The van der Waals surface area contributed by atoms with Gasteiger partial charge in [0.05, 0.1) is 10.4 Å². The number of hydrogen-bond acceptors (Lipinski definition) is 5. The smallest absolute Gasteiger partial charge is 0.251 e. The number of pyridine rings is 1. The molecule has 2 N–H and O–H groups in total. The van der Waals surface area contributed by atoms with Crippen LogP contribution in [0.1, 0.15) is 23.6 Å². The third-order valence-electron chi connectivity index (χ3n) is 5.99. The third-order valence-corrected chi connectivity index (χ3v) is 7.10. The Bertz CT molecular complexity index is 1700. The lowest BCUT2D eigenvalue weighted by Gasteiger charge is -2.11. The number of nitrogens with one attached hydrogen (secondary N) is 2. The van der Waals surface area contributed by atoms with Crippen molar-refractivity contribution in [3.05, 3.63) is 94.7 Å². The first-order chi connectivity index (χ1) is 17.6. The number of aryl methyl sites for hydroxylation is 1. The molecule has 37 heavy (non-hydrogen) atoms. The molecule has 0 spiro atoms. The molecule has 2 heterocycles. The summed E-state index contributed by atoms with van der Waals surface area (Å²) in [6.07, 6.45) is 7.97. The molecule has 0 fully saturated rings. The van der Waals surface area contributed by atoms with Gasteiger partial charge in [-0.2, -0.15) is 0 Å². The highest BCUT2D eigenvalue weighted by Gasteiger charge is 2.16. The van der Waals surface area contributed by atoms with Crippen LogP contribution in [0, 0.1) is 12.7 Å². The van der Waals surface area contributed by atoms with Gasteiger partial charge in [-0.15, -0.1) is 0 Å². The van der Waals surface area contributed by atoms with Crippen LogP contribution in [-0.2, 0) is 27.6 Å². The molecule has 2 aromatic heterocycles. The Morgan fingerprint density at radius 2 is 2.00 bits per heavy atom. The maximum absolute atomic E-state index is 14.4. The first-order valence-electron chi connectivity index (χ1n) is 11.6. The summed E-state index contributed by atoms with van der Waals surface area (Å²) < 4.78 is 39.3. The molecular weight excluding hydrogens is 491 g/mol. The summed E-state index contributed by atoms with van der Waals surface area (Å²) in [4.78, 5) is 24.3. The minimum Gasteiger partial charge on any atom is -0.361 e. The van der Waals surface area contributed by atoms with Crippen molar-refractivity contribution < 1.29 is 17.6 Å². The van der Waals surface area contributed by atoms with Crippen molar-refractivity contribution in [1.82, 2.24) is 15.3 Å². The second-order valence-corrected chi connectivity index (χ2v) is 10.8. The van der Waals surface area contributed by atoms with Gasteiger partial charge in [0.2, 0.25) is 0 Å². The van der Waals surface area contributed by atoms with Crippen molar-refractivity contribution in [2.75, 3.05) is 6.26 Å². The van der Waals surface area contributed by atoms with Crippen LogP contribution in [0.25, 0.3) is 21.8 Å². The van der Waals surface area contributed by atoms with Gasteiger partial charge in [0.25, 0.3) is 5.91 Å². The summed E-state index contributed by atoms with van der Waals surface area (Å²) >= 11 is 0.